The van der Waals surface area contributed by atoms with Gasteiger partial charge in [-0.3, -0.25) is 4.79 Å². The Labute approximate surface area is 167 Å². The van der Waals surface area contributed by atoms with Crippen molar-refractivity contribution in [2.45, 2.75) is 13.8 Å². The van der Waals surface area contributed by atoms with Gasteiger partial charge in [0.15, 0.2) is 6.61 Å². The Hall–Kier alpha value is -3.42. The molecule has 3 aromatic rings. The number of rotatable bonds is 4. The number of carbonyl (C=O) groups is 1. The molecule has 1 fully saturated rings. The third-order valence-corrected chi connectivity index (χ3v) is 5.14. The maximum absolute atomic E-state index is 12.6. The van der Waals surface area contributed by atoms with Gasteiger partial charge in [0.1, 0.15) is 11.3 Å². The molecule has 8 nitrogen and oxygen atoms in total. The van der Waals surface area contributed by atoms with E-state index in [4.69, 9.17) is 9.15 Å². The van der Waals surface area contributed by atoms with Crippen LogP contribution in [0, 0.1) is 13.8 Å². The molecule has 1 aliphatic heterocycles. The zero-order chi connectivity index (χ0) is 20.4. The van der Waals surface area contributed by atoms with Crippen LogP contribution in [0.2, 0.25) is 0 Å². The van der Waals surface area contributed by atoms with Gasteiger partial charge in [0.05, 0.1) is 0 Å². The van der Waals surface area contributed by atoms with Crippen molar-refractivity contribution < 1.29 is 13.9 Å². The lowest BCUT2D eigenvalue weighted by atomic mass is 10.1. The fraction of sp³-hybridized carbons (Fsp3) is 0.333. The molecule has 29 heavy (non-hydrogen) atoms. The largest absolute Gasteiger partial charge is 0.483 e. The highest BCUT2D eigenvalue weighted by atomic mass is 16.5. The van der Waals surface area contributed by atoms with Crippen LogP contribution in [-0.4, -0.2) is 53.6 Å². The summed E-state index contributed by atoms with van der Waals surface area (Å²) in [6.45, 7) is 6.15. The molecule has 1 saturated heterocycles. The molecular weight excluding hydrogens is 372 g/mol. The number of aromatic nitrogens is 2. The number of nitrogens with zero attached hydrogens (tertiary/aromatic N) is 4. The topological polar surface area (TPSA) is 88.8 Å². The van der Waals surface area contributed by atoms with Crippen LogP contribution in [0.15, 0.2) is 45.9 Å². The molecule has 0 radical (unpaired) electrons. The maximum atomic E-state index is 12.6. The SMILES string of the molecule is Cc1cc(=O)oc2c(C)c(OCC(=O)N3CCN(c4ncccn4)CC3)ccc12. The van der Waals surface area contributed by atoms with Gasteiger partial charge in [0, 0.05) is 55.6 Å². The molecule has 3 heterocycles. The molecule has 0 aliphatic carbocycles. The number of benzene rings is 1. The first-order valence-electron chi connectivity index (χ1n) is 9.49. The summed E-state index contributed by atoms with van der Waals surface area (Å²) in [5, 5.41) is 0.861. The van der Waals surface area contributed by atoms with Crippen molar-refractivity contribution in [2.24, 2.45) is 0 Å². The minimum Gasteiger partial charge on any atom is -0.483 e. The lowest BCUT2D eigenvalue weighted by Gasteiger charge is -2.34. The first-order valence-corrected chi connectivity index (χ1v) is 9.49. The van der Waals surface area contributed by atoms with Crippen molar-refractivity contribution in [1.82, 2.24) is 14.9 Å². The highest BCUT2D eigenvalue weighted by Crippen LogP contribution is 2.28. The molecule has 150 valence electrons. The second-order valence-electron chi connectivity index (χ2n) is 7.02. The highest BCUT2D eigenvalue weighted by Gasteiger charge is 2.23. The molecule has 0 N–H and O–H groups in total. The molecule has 1 amide bonds. The van der Waals surface area contributed by atoms with Crippen LogP contribution in [0.3, 0.4) is 0 Å². The Morgan fingerprint density at radius 3 is 2.59 bits per heavy atom. The second kappa shape index (κ2) is 7.90. The molecule has 0 unspecified atom stereocenters. The number of hydrogen-bond acceptors (Lipinski definition) is 7. The maximum Gasteiger partial charge on any atom is 0.336 e. The van der Waals surface area contributed by atoms with Crippen LogP contribution in [0.25, 0.3) is 11.0 Å². The number of ether oxygens (including phenoxy) is 1. The van der Waals surface area contributed by atoms with Gasteiger partial charge in [-0.25, -0.2) is 14.8 Å². The predicted molar refractivity (Wildman–Crippen MR) is 108 cm³/mol. The van der Waals surface area contributed by atoms with E-state index in [0.717, 1.165) is 10.9 Å². The molecule has 4 rings (SSSR count). The van der Waals surface area contributed by atoms with Crippen LogP contribution < -0.4 is 15.3 Å². The Bertz CT molecular complexity index is 1090. The Morgan fingerprint density at radius 2 is 1.86 bits per heavy atom. The number of aryl methyl sites for hydroxylation is 2. The summed E-state index contributed by atoms with van der Waals surface area (Å²) in [6.07, 6.45) is 3.42. The van der Waals surface area contributed by atoms with E-state index in [1.165, 1.54) is 6.07 Å². The van der Waals surface area contributed by atoms with E-state index in [2.05, 4.69) is 14.9 Å². The van der Waals surface area contributed by atoms with Crippen LogP contribution in [-0.2, 0) is 4.79 Å². The van der Waals surface area contributed by atoms with Crippen molar-refractivity contribution in [3.63, 3.8) is 0 Å². The molecule has 0 saturated carbocycles. The fourth-order valence-corrected chi connectivity index (χ4v) is 3.50. The van der Waals surface area contributed by atoms with Crippen LogP contribution in [0.1, 0.15) is 11.1 Å². The molecular formula is C21H22N4O4. The van der Waals surface area contributed by atoms with Crippen LogP contribution in [0.5, 0.6) is 5.75 Å². The zero-order valence-electron chi connectivity index (χ0n) is 16.4. The van der Waals surface area contributed by atoms with Gasteiger partial charge >= 0.3 is 5.63 Å². The van der Waals surface area contributed by atoms with Crippen molar-refractivity contribution in [2.75, 3.05) is 37.7 Å². The van der Waals surface area contributed by atoms with Gasteiger partial charge < -0.3 is 19.0 Å². The quantitative estimate of drug-likeness (QED) is 0.625. The van der Waals surface area contributed by atoms with E-state index in [-0.39, 0.29) is 12.5 Å². The smallest absolute Gasteiger partial charge is 0.336 e. The molecule has 2 aromatic heterocycles. The van der Waals surface area contributed by atoms with Gasteiger partial charge in [-0.1, -0.05) is 0 Å². The molecule has 0 bridgehead atoms. The molecule has 1 aliphatic rings. The second-order valence-corrected chi connectivity index (χ2v) is 7.02. The number of hydrogen-bond donors (Lipinski definition) is 0. The number of anilines is 1. The van der Waals surface area contributed by atoms with E-state index in [0.29, 0.717) is 49.0 Å². The summed E-state index contributed by atoms with van der Waals surface area (Å²) in [5.74, 6) is 1.14. The zero-order valence-corrected chi connectivity index (χ0v) is 16.4. The average molecular weight is 394 g/mol. The van der Waals surface area contributed by atoms with Crippen molar-refractivity contribution in [3.05, 3.63) is 58.2 Å². The third-order valence-electron chi connectivity index (χ3n) is 5.14. The Kier molecular flexibility index (Phi) is 5.16. The number of carbonyl (C=O) groups excluding carboxylic acids is 1. The van der Waals surface area contributed by atoms with Gasteiger partial charge in [-0.2, -0.15) is 0 Å². The minimum absolute atomic E-state index is 0.0652. The Balaban J connectivity index is 1.39. The Morgan fingerprint density at radius 1 is 1.14 bits per heavy atom. The van der Waals surface area contributed by atoms with E-state index in [1.807, 2.05) is 26.0 Å². The monoisotopic (exact) mass is 394 g/mol. The minimum atomic E-state index is -0.397. The van der Waals surface area contributed by atoms with Gasteiger partial charge in [0.25, 0.3) is 5.91 Å². The highest BCUT2D eigenvalue weighted by molar-refractivity contribution is 5.85. The summed E-state index contributed by atoms with van der Waals surface area (Å²) in [4.78, 5) is 36.6. The summed E-state index contributed by atoms with van der Waals surface area (Å²) in [5.41, 5.74) is 1.66. The number of piperazine rings is 1. The van der Waals surface area contributed by atoms with Crippen molar-refractivity contribution in [3.8, 4) is 5.75 Å². The van der Waals surface area contributed by atoms with Crippen LogP contribution >= 0.6 is 0 Å². The lowest BCUT2D eigenvalue weighted by Crippen LogP contribution is -2.50. The standard InChI is InChI=1S/C21H22N4O4/c1-14-12-19(27)29-20-15(2)17(5-4-16(14)20)28-13-18(26)24-8-10-25(11-9-24)21-22-6-3-7-23-21/h3-7,12H,8-11,13H2,1-2H3. The fourth-order valence-electron chi connectivity index (χ4n) is 3.50. The summed E-state index contributed by atoms with van der Waals surface area (Å²) in [7, 11) is 0. The van der Waals surface area contributed by atoms with Gasteiger partial charge in [0.2, 0.25) is 5.95 Å². The third kappa shape index (κ3) is 3.91. The van der Waals surface area contributed by atoms with Gasteiger partial charge in [-0.15, -0.1) is 0 Å². The van der Waals surface area contributed by atoms with E-state index >= 15 is 0 Å². The lowest BCUT2D eigenvalue weighted by molar-refractivity contribution is -0.133. The molecule has 8 heteroatoms. The summed E-state index contributed by atoms with van der Waals surface area (Å²) < 4.78 is 11.1. The van der Waals surface area contributed by atoms with Crippen molar-refractivity contribution in [1.29, 1.82) is 0 Å². The van der Waals surface area contributed by atoms with Gasteiger partial charge in [-0.05, 0) is 37.6 Å². The number of amides is 1. The first kappa shape index (κ1) is 18.9. The van der Waals surface area contributed by atoms with E-state index < -0.39 is 5.63 Å². The molecule has 0 spiro atoms. The number of fused-ring (bicyclic) bond motifs is 1. The molecule has 1 aromatic carbocycles. The van der Waals surface area contributed by atoms with E-state index in [1.54, 1.807) is 23.4 Å². The van der Waals surface area contributed by atoms with Crippen molar-refractivity contribution >= 4 is 22.8 Å². The van der Waals surface area contributed by atoms with E-state index in [9.17, 15) is 9.59 Å². The summed E-state index contributed by atoms with van der Waals surface area (Å²) >= 11 is 0. The normalized spacial score (nSPS) is 14.3. The predicted octanol–water partition coefficient (Wildman–Crippen LogP) is 1.93. The summed E-state index contributed by atoms with van der Waals surface area (Å²) in [6, 6.07) is 6.90. The average Bonchev–Trinajstić information content (AvgIpc) is 2.74. The first-order chi connectivity index (χ1) is 14.0. The van der Waals surface area contributed by atoms with Crippen LogP contribution in [0.4, 0.5) is 5.95 Å². The molecule has 0 atom stereocenters.